The number of hydrogen-bond acceptors (Lipinski definition) is 6. The maximum Gasteiger partial charge on any atom is 0.222 e. The molecule has 0 spiro atoms. The lowest BCUT2D eigenvalue weighted by Crippen LogP contribution is -2.16. The van der Waals surface area contributed by atoms with Crippen LogP contribution in [0, 0.1) is 5.82 Å². The van der Waals surface area contributed by atoms with Crippen molar-refractivity contribution in [1.29, 1.82) is 0 Å². The normalized spacial score (nSPS) is 11.0. The molecule has 6 nitrogen and oxygen atoms in total. The molecule has 152 valence electrons. The van der Waals surface area contributed by atoms with Gasteiger partial charge < -0.3 is 16.4 Å². The summed E-state index contributed by atoms with van der Waals surface area (Å²) in [5, 5.41) is 6.75. The van der Waals surface area contributed by atoms with Gasteiger partial charge in [-0.05, 0) is 64.1 Å². The molecule has 7 heteroatoms. The molecule has 0 saturated carbocycles. The number of halogens is 1. The van der Waals surface area contributed by atoms with Crippen LogP contribution in [0.15, 0.2) is 54.7 Å². The molecule has 1 aromatic heterocycles. The number of nitrogen functional groups attached to an aromatic ring is 1. The van der Waals surface area contributed by atoms with Gasteiger partial charge in [0.2, 0.25) is 5.95 Å². The third-order valence-electron chi connectivity index (χ3n) is 4.08. The predicted molar refractivity (Wildman–Crippen MR) is 119 cm³/mol. The van der Waals surface area contributed by atoms with Gasteiger partial charge in [0.1, 0.15) is 0 Å². The second kappa shape index (κ2) is 8.77. The van der Waals surface area contributed by atoms with Crippen molar-refractivity contribution in [2.75, 3.05) is 21.3 Å². The first kappa shape index (κ1) is 20.4. The lowest BCUT2D eigenvalue weighted by Gasteiger charge is -2.26. The topological polar surface area (TPSA) is 79.1 Å². The highest BCUT2D eigenvalue weighted by Crippen LogP contribution is 2.37. The molecular weight excluding hydrogens is 367 g/mol. The minimum Gasteiger partial charge on any atom is -0.383 e. The van der Waals surface area contributed by atoms with Gasteiger partial charge in [0.05, 0.1) is 6.20 Å². The first-order chi connectivity index (χ1) is 13.8. The van der Waals surface area contributed by atoms with Crippen LogP contribution in [0.4, 0.5) is 38.9 Å². The molecule has 0 amide bonds. The molecule has 0 unspecified atom stereocenters. The molecule has 3 aromatic rings. The fourth-order valence-electron chi connectivity index (χ4n) is 3.06. The molecule has 0 saturated heterocycles. The van der Waals surface area contributed by atoms with E-state index in [1.807, 2.05) is 48.5 Å². The van der Waals surface area contributed by atoms with Crippen molar-refractivity contribution < 1.29 is 4.39 Å². The van der Waals surface area contributed by atoms with E-state index in [4.69, 9.17) is 5.73 Å². The number of nitrogens with zero attached hydrogens (tertiary/aromatic N) is 3. The third-order valence-corrected chi connectivity index (χ3v) is 4.08. The maximum atomic E-state index is 14.8. The molecule has 1 heterocycles. The van der Waals surface area contributed by atoms with Gasteiger partial charge in [-0.15, -0.1) is 0 Å². The van der Waals surface area contributed by atoms with Crippen LogP contribution in [0.3, 0.4) is 0 Å². The zero-order chi connectivity index (χ0) is 21.0. The Kier molecular flexibility index (Phi) is 6.16. The monoisotopic (exact) mass is 394 g/mol. The second-order valence-electron chi connectivity index (χ2n) is 7.43. The molecule has 0 fully saturated rings. The summed E-state index contributed by atoms with van der Waals surface area (Å²) in [5.41, 5.74) is 9.15. The molecule has 0 bridgehead atoms. The molecule has 0 radical (unpaired) electrons. The van der Waals surface area contributed by atoms with Crippen LogP contribution in [0.1, 0.15) is 27.7 Å². The summed E-state index contributed by atoms with van der Waals surface area (Å²) in [7, 11) is 0. The summed E-state index contributed by atoms with van der Waals surface area (Å²) in [6.45, 7) is 8.26. The summed E-state index contributed by atoms with van der Waals surface area (Å²) in [6.07, 6.45) is 1.09. The van der Waals surface area contributed by atoms with Gasteiger partial charge in [-0.25, -0.2) is 9.37 Å². The average molecular weight is 394 g/mol. The Labute approximate surface area is 171 Å². The van der Waals surface area contributed by atoms with Crippen LogP contribution in [0.2, 0.25) is 0 Å². The highest BCUT2D eigenvalue weighted by Gasteiger charge is 2.20. The fourth-order valence-corrected chi connectivity index (χ4v) is 3.06. The van der Waals surface area contributed by atoms with E-state index < -0.39 is 5.82 Å². The zero-order valence-corrected chi connectivity index (χ0v) is 17.1. The Hall–Kier alpha value is -3.35. The minimum absolute atomic E-state index is 0.0133. The molecule has 0 aliphatic carbocycles. The van der Waals surface area contributed by atoms with E-state index in [0.717, 1.165) is 28.9 Å². The van der Waals surface area contributed by atoms with Gasteiger partial charge in [0.15, 0.2) is 11.6 Å². The van der Waals surface area contributed by atoms with E-state index in [9.17, 15) is 4.39 Å². The van der Waals surface area contributed by atoms with E-state index in [-0.39, 0.29) is 23.8 Å². The smallest absolute Gasteiger partial charge is 0.222 e. The lowest BCUT2D eigenvalue weighted by atomic mass is 10.2. The quantitative estimate of drug-likeness (QED) is 0.504. The van der Waals surface area contributed by atoms with E-state index >= 15 is 0 Å². The molecular formula is C22H27FN6. The van der Waals surface area contributed by atoms with E-state index in [0.29, 0.717) is 0 Å². The number of anilines is 6. The number of benzene rings is 2. The molecule has 0 aliphatic rings. The largest absolute Gasteiger partial charge is 0.383 e. The van der Waals surface area contributed by atoms with Crippen molar-refractivity contribution in [1.82, 2.24) is 9.97 Å². The first-order valence-electron chi connectivity index (χ1n) is 9.65. The summed E-state index contributed by atoms with van der Waals surface area (Å²) in [5.74, 6) is -0.441. The third kappa shape index (κ3) is 5.13. The summed E-state index contributed by atoms with van der Waals surface area (Å²) < 4.78 is 14.8. The molecule has 3 rings (SSSR count). The van der Waals surface area contributed by atoms with E-state index in [1.54, 1.807) is 4.90 Å². The number of nitrogens with one attached hydrogen (secondary N) is 2. The van der Waals surface area contributed by atoms with Crippen LogP contribution >= 0.6 is 0 Å². The lowest BCUT2D eigenvalue weighted by molar-refractivity contribution is 0.616. The van der Waals surface area contributed by atoms with E-state index in [1.165, 1.54) is 0 Å². The molecule has 2 aromatic carbocycles. The van der Waals surface area contributed by atoms with Gasteiger partial charge in [0, 0.05) is 34.8 Å². The minimum atomic E-state index is -0.552. The highest BCUT2D eigenvalue weighted by atomic mass is 19.1. The summed E-state index contributed by atoms with van der Waals surface area (Å²) in [4.78, 5) is 9.69. The maximum absolute atomic E-state index is 14.8. The Morgan fingerprint density at radius 3 is 1.90 bits per heavy atom. The Morgan fingerprint density at radius 2 is 1.41 bits per heavy atom. The van der Waals surface area contributed by atoms with Crippen LogP contribution < -0.4 is 21.3 Å². The van der Waals surface area contributed by atoms with Crippen LogP contribution in [-0.2, 0) is 0 Å². The first-order valence-corrected chi connectivity index (χ1v) is 9.65. The van der Waals surface area contributed by atoms with Crippen molar-refractivity contribution >= 4 is 34.5 Å². The number of aromatic nitrogens is 2. The predicted octanol–water partition coefficient (Wildman–Crippen LogP) is 5.31. The average Bonchev–Trinajstić information content (AvgIpc) is 2.64. The molecule has 0 atom stereocenters. The van der Waals surface area contributed by atoms with Gasteiger partial charge in [0.25, 0.3) is 0 Å². The molecule has 4 N–H and O–H groups in total. The van der Waals surface area contributed by atoms with Crippen molar-refractivity contribution in [2.24, 2.45) is 0 Å². The zero-order valence-electron chi connectivity index (χ0n) is 17.1. The Balaban J connectivity index is 2.14. The standard InChI is InChI=1S/C22H27FN6/c1-14(2)26-16-7-5-9-18(11-16)29(21-20(23)13-25-22(24)28-21)19-10-6-8-17(12-19)27-15(3)4/h5-15,26-27H,1-4H3,(H2,24,25,28). The van der Waals surface area contributed by atoms with Crippen molar-refractivity contribution in [3.8, 4) is 0 Å². The van der Waals surface area contributed by atoms with Gasteiger partial charge in [-0.1, -0.05) is 12.1 Å². The van der Waals surface area contributed by atoms with Crippen molar-refractivity contribution in [3.05, 3.63) is 60.5 Å². The highest BCUT2D eigenvalue weighted by molar-refractivity contribution is 5.78. The summed E-state index contributed by atoms with van der Waals surface area (Å²) >= 11 is 0. The SMILES string of the molecule is CC(C)Nc1cccc(N(c2cccc(NC(C)C)c2)c2nc(N)ncc2F)c1. The van der Waals surface area contributed by atoms with Crippen LogP contribution in [-0.4, -0.2) is 22.1 Å². The number of hydrogen-bond donors (Lipinski definition) is 3. The fraction of sp³-hybridized carbons (Fsp3) is 0.273. The number of rotatable bonds is 7. The van der Waals surface area contributed by atoms with Crippen LogP contribution in [0.25, 0.3) is 0 Å². The molecule has 0 aliphatic heterocycles. The Bertz CT molecular complexity index is 920. The van der Waals surface area contributed by atoms with Crippen molar-refractivity contribution in [3.63, 3.8) is 0 Å². The van der Waals surface area contributed by atoms with Crippen molar-refractivity contribution in [2.45, 2.75) is 39.8 Å². The van der Waals surface area contributed by atoms with Gasteiger partial charge in [-0.2, -0.15) is 4.98 Å². The van der Waals surface area contributed by atoms with E-state index in [2.05, 4.69) is 48.3 Å². The summed E-state index contributed by atoms with van der Waals surface area (Å²) in [6, 6.07) is 16.1. The number of nitrogens with two attached hydrogens (primary N) is 1. The van der Waals surface area contributed by atoms with Crippen LogP contribution in [0.5, 0.6) is 0 Å². The Morgan fingerprint density at radius 1 is 0.897 bits per heavy atom. The molecule has 29 heavy (non-hydrogen) atoms. The second-order valence-corrected chi connectivity index (χ2v) is 7.43. The van der Waals surface area contributed by atoms with Gasteiger partial charge in [-0.3, -0.25) is 4.90 Å². The van der Waals surface area contributed by atoms with Gasteiger partial charge >= 0.3 is 0 Å².